The van der Waals surface area contributed by atoms with Crippen LogP contribution >= 0.6 is 0 Å². The molecule has 1 heterocycles. The minimum absolute atomic E-state index is 0.169. The first-order valence-electron chi connectivity index (χ1n) is 7.32. The molecule has 0 spiro atoms. The fraction of sp³-hybridized carbons (Fsp3) is 0.235. The van der Waals surface area contributed by atoms with Crippen molar-refractivity contribution >= 4 is 28.5 Å². The van der Waals surface area contributed by atoms with Crippen LogP contribution in [0.4, 0.5) is 5.82 Å². The topological polar surface area (TPSA) is 77.5 Å². The molecule has 0 atom stereocenters. The number of fused-ring (bicyclic) bond motifs is 1. The molecular weight excluding hydrogens is 296 g/mol. The van der Waals surface area contributed by atoms with E-state index in [2.05, 4.69) is 10.3 Å². The van der Waals surface area contributed by atoms with E-state index in [0.29, 0.717) is 5.82 Å². The first kappa shape index (κ1) is 16.5. The number of carbonyl (C=O) groups excluding carboxylic acids is 2. The Bertz CT molecular complexity index is 715. The monoisotopic (exact) mass is 314 g/mol. The second-order valence-electron chi connectivity index (χ2n) is 4.52. The lowest BCUT2D eigenvalue weighted by molar-refractivity contribution is -0.146. The third-order valence-corrected chi connectivity index (χ3v) is 3.02. The van der Waals surface area contributed by atoms with Crippen LogP contribution in [0.1, 0.15) is 13.8 Å². The van der Waals surface area contributed by atoms with Crippen LogP contribution in [-0.2, 0) is 19.1 Å². The van der Waals surface area contributed by atoms with E-state index in [9.17, 15) is 9.59 Å². The van der Waals surface area contributed by atoms with Crippen LogP contribution < -0.4 is 5.32 Å². The first-order valence-corrected chi connectivity index (χ1v) is 7.32. The number of anilines is 1. The molecule has 0 aliphatic rings. The van der Waals surface area contributed by atoms with Gasteiger partial charge in [0.1, 0.15) is 5.82 Å². The quantitative estimate of drug-likeness (QED) is 0.382. The van der Waals surface area contributed by atoms with Crippen LogP contribution in [0.3, 0.4) is 0 Å². The normalized spacial score (nSPS) is 10.0. The van der Waals surface area contributed by atoms with Gasteiger partial charge in [-0.3, -0.25) is 0 Å². The number of aromatic nitrogens is 1. The summed E-state index contributed by atoms with van der Waals surface area (Å²) in [5.41, 5.74) is -0.205. The highest BCUT2D eigenvalue weighted by Crippen LogP contribution is 2.20. The van der Waals surface area contributed by atoms with E-state index >= 15 is 0 Å². The number of rotatable bonds is 6. The summed E-state index contributed by atoms with van der Waals surface area (Å²) in [4.78, 5) is 28.0. The molecule has 6 heteroatoms. The molecule has 0 fully saturated rings. The van der Waals surface area contributed by atoms with Crippen molar-refractivity contribution in [2.24, 2.45) is 0 Å². The van der Waals surface area contributed by atoms with Gasteiger partial charge in [0.05, 0.1) is 13.2 Å². The number of hydrogen-bond acceptors (Lipinski definition) is 6. The summed E-state index contributed by atoms with van der Waals surface area (Å²) in [7, 11) is 0. The minimum atomic E-state index is -0.737. The Labute approximate surface area is 134 Å². The Kier molecular flexibility index (Phi) is 5.68. The van der Waals surface area contributed by atoms with Crippen LogP contribution in [0.2, 0.25) is 0 Å². The van der Waals surface area contributed by atoms with Gasteiger partial charge in [0.2, 0.25) is 0 Å². The van der Waals surface area contributed by atoms with Gasteiger partial charge in [-0.15, -0.1) is 0 Å². The molecule has 0 bridgehead atoms. The zero-order valence-corrected chi connectivity index (χ0v) is 13.0. The van der Waals surface area contributed by atoms with Crippen molar-refractivity contribution in [1.29, 1.82) is 0 Å². The van der Waals surface area contributed by atoms with Crippen molar-refractivity contribution in [2.75, 3.05) is 18.5 Å². The van der Waals surface area contributed by atoms with Gasteiger partial charge in [0.25, 0.3) is 0 Å². The Morgan fingerprint density at radius 3 is 2.39 bits per heavy atom. The van der Waals surface area contributed by atoms with Crippen LogP contribution in [-0.4, -0.2) is 30.1 Å². The maximum Gasteiger partial charge on any atom is 0.347 e. The van der Waals surface area contributed by atoms with E-state index in [4.69, 9.17) is 9.47 Å². The third-order valence-electron chi connectivity index (χ3n) is 3.02. The lowest BCUT2D eigenvalue weighted by Gasteiger charge is -2.08. The molecule has 1 N–H and O–H groups in total. The summed E-state index contributed by atoms with van der Waals surface area (Å²) >= 11 is 0. The molecule has 120 valence electrons. The largest absolute Gasteiger partial charge is 0.462 e. The van der Waals surface area contributed by atoms with E-state index in [0.717, 1.165) is 10.8 Å². The molecule has 1 aromatic heterocycles. The summed E-state index contributed by atoms with van der Waals surface area (Å²) in [5.74, 6) is -0.938. The second kappa shape index (κ2) is 7.93. The Balaban J connectivity index is 2.31. The summed E-state index contributed by atoms with van der Waals surface area (Å²) in [6.07, 6.45) is 2.91. The average Bonchev–Trinajstić information content (AvgIpc) is 2.55. The smallest absolute Gasteiger partial charge is 0.347 e. The Morgan fingerprint density at radius 1 is 1.09 bits per heavy atom. The van der Waals surface area contributed by atoms with Gasteiger partial charge in [-0.25, -0.2) is 14.6 Å². The summed E-state index contributed by atoms with van der Waals surface area (Å²) in [6.45, 7) is 3.67. The summed E-state index contributed by atoms with van der Waals surface area (Å²) < 4.78 is 9.76. The SMILES string of the molecule is CCOC(=O)C(=CNc1nccc2ccccc12)C(=O)OCC. The molecular formula is C17H18N2O4. The van der Waals surface area contributed by atoms with E-state index in [1.54, 1.807) is 20.0 Å². The van der Waals surface area contributed by atoms with Gasteiger partial charge in [-0.05, 0) is 25.3 Å². The molecule has 0 aliphatic heterocycles. The average molecular weight is 314 g/mol. The number of nitrogens with one attached hydrogen (secondary N) is 1. The highest BCUT2D eigenvalue weighted by molar-refractivity contribution is 6.14. The lowest BCUT2D eigenvalue weighted by Crippen LogP contribution is -2.19. The lowest BCUT2D eigenvalue weighted by atomic mass is 10.1. The molecule has 0 unspecified atom stereocenters. The molecule has 0 saturated heterocycles. The van der Waals surface area contributed by atoms with Crippen LogP contribution in [0.5, 0.6) is 0 Å². The standard InChI is InChI=1S/C17H18N2O4/c1-3-22-16(20)14(17(21)23-4-2)11-19-15-13-8-6-5-7-12(13)9-10-18-15/h5-11H,3-4H2,1-2H3,(H,18,19). The predicted octanol–water partition coefficient (Wildman–Crippen LogP) is 2.66. The van der Waals surface area contributed by atoms with E-state index in [-0.39, 0.29) is 18.8 Å². The highest BCUT2D eigenvalue weighted by Gasteiger charge is 2.21. The maximum absolute atomic E-state index is 11.9. The van der Waals surface area contributed by atoms with Crippen LogP contribution in [0.15, 0.2) is 48.3 Å². The molecule has 2 aromatic rings. The summed E-state index contributed by atoms with van der Waals surface area (Å²) in [5, 5.41) is 4.76. The molecule has 0 radical (unpaired) electrons. The number of nitrogens with zero attached hydrogens (tertiary/aromatic N) is 1. The third kappa shape index (κ3) is 4.06. The highest BCUT2D eigenvalue weighted by atomic mass is 16.6. The van der Waals surface area contributed by atoms with E-state index in [1.807, 2.05) is 30.3 Å². The maximum atomic E-state index is 11.9. The number of esters is 2. The number of carbonyl (C=O) groups is 2. The Hall–Kier alpha value is -2.89. The van der Waals surface area contributed by atoms with E-state index in [1.165, 1.54) is 6.20 Å². The number of benzene rings is 1. The van der Waals surface area contributed by atoms with Gasteiger partial charge in [-0.2, -0.15) is 0 Å². The number of ether oxygens (including phenoxy) is 2. The number of pyridine rings is 1. The van der Waals surface area contributed by atoms with Gasteiger partial charge < -0.3 is 14.8 Å². The van der Waals surface area contributed by atoms with Crippen molar-refractivity contribution in [1.82, 2.24) is 4.98 Å². The van der Waals surface area contributed by atoms with Crippen molar-refractivity contribution in [3.05, 3.63) is 48.3 Å². The van der Waals surface area contributed by atoms with Crippen molar-refractivity contribution < 1.29 is 19.1 Å². The zero-order chi connectivity index (χ0) is 16.7. The molecule has 0 aliphatic carbocycles. The molecule has 6 nitrogen and oxygen atoms in total. The second-order valence-corrected chi connectivity index (χ2v) is 4.52. The first-order chi connectivity index (χ1) is 11.2. The van der Waals surface area contributed by atoms with E-state index < -0.39 is 11.9 Å². The Morgan fingerprint density at radius 2 is 1.74 bits per heavy atom. The molecule has 0 saturated carbocycles. The van der Waals surface area contributed by atoms with Gasteiger partial charge >= 0.3 is 11.9 Å². The molecule has 0 amide bonds. The van der Waals surface area contributed by atoms with Crippen molar-refractivity contribution in [2.45, 2.75) is 13.8 Å². The van der Waals surface area contributed by atoms with Gasteiger partial charge in [-0.1, -0.05) is 24.3 Å². The van der Waals surface area contributed by atoms with Crippen molar-refractivity contribution in [3.63, 3.8) is 0 Å². The van der Waals surface area contributed by atoms with Crippen LogP contribution in [0, 0.1) is 0 Å². The number of hydrogen-bond donors (Lipinski definition) is 1. The van der Waals surface area contributed by atoms with Crippen LogP contribution in [0.25, 0.3) is 10.8 Å². The fourth-order valence-corrected chi connectivity index (χ4v) is 1.99. The molecule has 1 aromatic carbocycles. The van der Waals surface area contributed by atoms with Gasteiger partial charge in [0.15, 0.2) is 5.57 Å². The molecule has 23 heavy (non-hydrogen) atoms. The van der Waals surface area contributed by atoms with Crippen molar-refractivity contribution in [3.8, 4) is 0 Å². The predicted molar refractivity (Wildman–Crippen MR) is 86.7 cm³/mol. The molecule has 2 rings (SSSR count). The zero-order valence-electron chi connectivity index (χ0n) is 13.0. The fourth-order valence-electron chi connectivity index (χ4n) is 1.99. The van der Waals surface area contributed by atoms with Gasteiger partial charge in [0, 0.05) is 17.8 Å². The minimum Gasteiger partial charge on any atom is -0.462 e. The summed E-state index contributed by atoms with van der Waals surface area (Å²) in [6, 6.07) is 9.53.